The quantitative estimate of drug-likeness (QED) is 0.435. The van der Waals surface area contributed by atoms with E-state index in [2.05, 4.69) is 20.9 Å². The number of nitro benzene ring substituents is 1. The SMILES string of the molecule is O=[N+]([O-])c1cc(F)cc2cnc(C3=C[C@H](N4CCN(c5ccc(F)cc5)CC4)CC3)cc12. The van der Waals surface area contributed by atoms with E-state index in [4.69, 9.17) is 0 Å². The van der Waals surface area contributed by atoms with Gasteiger partial charge in [-0.15, -0.1) is 0 Å². The first-order chi connectivity index (χ1) is 15.5. The second-order valence-corrected chi connectivity index (χ2v) is 8.27. The number of fused-ring (bicyclic) bond motifs is 1. The highest BCUT2D eigenvalue weighted by Crippen LogP contribution is 2.34. The number of hydrogen-bond donors (Lipinski definition) is 0. The number of benzene rings is 2. The van der Waals surface area contributed by atoms with E-state index >= 15 is 0 Å². The van der Waals surface area contributed by atoms with Crippen LogP contribution in [0, 0.1) is 21.7 Å². The first-order valence-corrected chi connectivity index (χ1v) is 10.7. The Labute approximate surface area is 183 Å². The van der Waals surface area contributed by atoms with Crippen LogP contribution in [0.1, 0.15) is 18.5 Å². The molecule has 1 aromatic heterocycles. The first kappa shape index (κ1) is 20.5. The molecular formula is C24H22F2N4O2. The van der Waals surface area contributed by atoms with Gasteiger partial charge in [0.2, 0.25) is 0 Å². The first-order valence-electron chi connectivity index (χ1n) is 10.7. The van der Waals surface area contributed by atoms with Crippen LogP contribution in [0.3, 0.4) is 0 Å². The summed E-state index contributed by atoms with van der Waals surface area (Å²) in [5.41, 5.74) is 2.57. The fourth-order valence-electron chi connectivity index (χ4n) is 4.70. The van der Waals surface area contributed by atoms with Crippen molar-refractivity contribution in [2.24, 2.45) is 0 Å². The van der Waals surface area contributed by atoms with Crippen LogP contribution in [0.25, 0.3) is 16.3 Å². The number of non-ortho nitro benzene ring substituents is 1. The highest BCUT2D eigenvalue weighted by atomic mass is 19.1. The molecule has 3 aromatic rings. The molecule has 1 aliphatic carbocycles. The van der Waals surface area contributed by atoms with Crippen molar-refractivity contribution in [3.63, 3.8) is 0 Å². The van der Waals surface area contributed by atoms with Crippen molar-refractivity contribution in [1.82, 2.24) is 9.88 Å². The largest absolute Gasteiger partial charge is 0.369 e. The number of rotatable bonds is 4. The summed E-state index contributed by atoms with van der Waals surface area (Å²) in [6.45, 7) is 3.55. The maximum Gasteiger partial charge on any atom is 0.280 e. The lowest BCUT2D eigenvalue weighted by Gasteiger charge is -2.38. The summed E-state index contributed by atoms with van der Waals surface area (Å²) in [6, 6.07) is 10.8. The Balaban J connectivity index is 1.32. The molecule has 0 spiro atoms. The van der Waals surface area contributed by atoms with Crippen LogP contribution in [-0.2, 0) is 0 Å². The van der Waals surface area contributed by atoms with E-state index in [0.29, 0.717) is 22.5 Å². The van der Waals surface area contributed by atoms with Crippen LogP contribution >= 0.6 is 0 Å². The molecule has 0 amide bonds. The van der Waals surface area contributed by atoms with Gasteiger partial charge in [0.1, 0.15) is 11.6 Å². The number of pyridine rings is 1. The summed E-state index contributed by atoms with van der Waals surface area (Å²) >= 11 is 0. The molecule has 2 aliphatic rings. The van der Waals surface area contributed by atoms with Crippen molar-refractivity contribution < 1.29 is 13.7 Å². The summed E-state index contributed by atoms with van der Waals surface area (Å²) in [7, 11) is 0. The highest BCUT2D eigenvalue weighted by Gasteiger charge is 2.27. The molecule has 6 nitrogen and oxygen atoms in total. The van der Waals surface area contributed by atoms with Crippen molar-refractivity contribution in [2.75, 3.05) is 31.1 Å². The number of aromatic nitrogens is 1. The molecule has 5 rings (SSSR count). The smallest absolute Gasteiger partial charge is 0.280 e. The van der Waals surface area contributed by atoms with Crippen molar-refractivity contribution in [3.05, 3.63) is 82.2 Å². The average Bonchev–Trinajstić information content (AvgIpc) is 3.29. The van der Waals surface area contributed by atoms with Crippen molar-refractivity contribution in [2.45, 2.75) is 18.9 Å². The lowest BCUT2D eigenvalue weighted by Crippen LogP contribution is -2.49. The number of piperazine rings is 1. The van der Waals surface area contributed by atoms with Crippen LogP contribution in [0.5, 0.6) is 0 Å². The lowest BCUT2D eigenvalue weighted by molar-refractivity contribution is -0.383. The van der Waals surface area contributed by atoms with Gasteiger partial charge in [-0.25, -0.2) is 8.78 Å². The second-order valence-electron chi connectivity index (χ2n) is 8.27. The van der Waals surface area contributed by atoms with E-state index < -0.39 is 10.7 Å². The fourth-order valence-corrected chi connectivity index (χ4v) is 4.70. The third kappa shape index (κ3) is 3.93. The molecule has 0 N–H and O–H groups in total. The number of hydrogen-bond acceptors (Lipinski definition) is 5. The van der Waals surface area contributed by atoms with Crippen LogP contribution in [-0.4, -0.2) is 47.0 Å². The predicted molar refractivity (Wildman–Crippen MR) is 120 cm³/mol. The average molecular weight is 436 g/mol. The zero-order valence-electron chi connectivity index (χ0n) is 17.4. The monoisotopic (exact) mass is 436 g/mol. The van der Waals surface area contributed by atoms with Gasteiger partial charge >= 0.3 is 0 Å². The number of nitrogens with zero attached hydrogens (tertiary/aromatic N) is 4. The van der Waals surface area contributed by atoms with Crippen molar-refractivity contribution >= 4 is 27.7 Å². The Hall–Kier alpha value is -3.39. The van der Waals surface area contributed by atoms with Gasteiger partial charge in [0.05, 0.1) is 22.1 Å². The van der Waals surface area contributed by atoms with Crippen LogP contribution < -0.4 is 4.90 Å². The lowest BCUT2D eigenvalue weighted by atomic mass is 10.1. The van der Waals surface area contributed by atoms with Gasteiger partial charge in [0, 0.05) is 49.5 Å². The van der Waals surface area contributed by atoms with Crippen LogP contribution in [0.2, 0.25) is 0 Å². The summed E-state index contributed by atoms with van der Waals surface area (Å²) in [4.78, 5) is 20.0. The Bertz CT molecular complexity index is 1200. The Morgan fingerprint density at radius 1 is 1.00 bits per heavy atom. The van der Waals surface area contributed by atoms with Gasteiger partial charge in [-0.2, -0.15) is 0 Å². The van der Waals surface area contributed by atoms with Crippen LogP contribution in [0.4, 0.5) is 20.2 Å². The Morgan fingerprint density at radius 3 is 2.47 bits per heavy atom. The van der Waals surface area contributed by atoms with Gasteiger partial charge in [-0.1, -0.05) is 6.08 Å². The Kier molecular flexibility index (Phi) is 5.30. The van der Waals surface area contributed by atoms with E-state index in [9.17, 15) is 18.9 Å². The summed E-state index contributed by atoms with van der Waals surface area (Å²) in [6.07, 6.45) is 5.53. The molecule has 1 aliphatic heterocycles. The molecule has 32 heavy (non-hydrogen) atoms. The summed E-state index contributed by atoms with van der Waals surface area (Å²) in [5, 5.41) is 12.2. The number of nitro groups is 1. The van der Waals surface area contributed by atoms with Crippen LogP contribution in [0.15, 0.2) is 54.7 Å². The van der Waals surface area contributed by atoms with Crippen molar-refractivity contribution in [1.29, 1.82) is 0 Å². The third-order valence-corrected chi connectivity index (χ3v) is 6.38. The maximum absolute atomic E-state index is 13.7. The van der Waals surface area contributed by atoms with Crippen molar-refractivity contribution in [3.8, 4) is 0 Å². The predicted octanol–water partition coefficient (Wildman–Crippen LogP) is 4.79. The molecule has 164 valence electrons. The second kappa shape index (κ2) is 8.27. The molecule has 0 bridgehead atoms. The molecular weight excluding hydrogens is 414 g/mol. The van der Waals surface area contributed by atoms with E-state index in [1.807, 2.05) is 12.1 Å². The normalized spacial score (nSPS) is 19.4. The van der Waals surface area contributed by atoms with E-state index in [1.165, 1.54) is 24.4 Å². The molecule has 1 saturated heterocycles. The minimum atomic E-state index is -0.640. The fraction of sp³-hybridized carbons (Fsp3) is 0.292. The maximum atomic E-state index is 13.7. The molecule has 8 heteroatoms. The number of anilines is 1. The summed E-state index contributed by atoms with van der Waals surface area (Å²) < 4.78 is 26.9. The minimum absolute atomic E-state index is 0.228. The van der Waals surface area contributed by atoms with Gasteiger partial charge in [0.15, 0.2) is 0 Å². The molecule has 0 saturated carbocycles. The van der Waals surface area contributed by atoms with Gasteiger partial charge in [-0.3, -0.25) is 20.0 Å². The zero-order chi connectivity index (χ0) is 22.2. The van der Waals surface area contributed by atoms with E-state index in [-0.39, 0.29) is 11.5 Å². The topological polar surface area (TPSA) is 62.5 Å². The number of allylic oxidation sites excluding steroid dienone is 1. The summed E-state index contributed by atoms with van der Waals surface area (Å²) in [5.74, 6) is -0.868. The molecule has 0 radical (unpaired) electrons. The number of halogens is 2. The standard InChI is InChI=1S/C24H22F2N4O2/c25-18-2-5-20(6-3-18)28-7-9-29(10-8-28)21-4-1-16(12-21)23-14-22-17(15-27-23)11-19(26)13-24(22)30(31)32/h2-3,5-6,11-15,21H,1,4,7-10H2/t21-/m1/s1. The van der Waals surface area contributed by atoms with E-state index in [1.54, 1.807) is 6.07 Å². The van der Waals surface area contributed by atoms with Gasteiger partial charge < -0.3 is 4.90 Å². The molecule has 1 fully saturated rings. The van der Waals surface area contributed by atoms with E-state index in [0.717, 1.165) is 56.3 Å². The zero-order valence-corrected chi connectivity index (χ0v) is 17.4. The third-order valence-electron chi connectivity index (χ3n) is 6.38. The van der Waals surface area contributed by atoms with Gasteiger partial charge in [0.25, 0.3) is 5.69 Å². The molecule has 2 aromatic carbocycles. The molecule has 1 atom stereocenters. The highest BCUT2D eigenvalue weighted by molar-refractivity contribution is 5.92. The van der Waals surface area contributed by atoms with Gasteiger partial charge in [-0.05, 0) is 54.8 Å². The Morgan fingerprint density at radius 2 is 1.75 bits per heavy atom. The molecule has 0 unspecified atom stereocenters. The molecule has 2 heterocycles. The minimum Gasteiger partial charge on any atom is -0.369 e.